The molecule has 12 aliphatic rings. The van der Waals surface area contributed by atoms with Crippen LogP contribution in [0, 0.1) is 82.9 Å². The van der Waals surface area contributed by atoms with Crippen molar-refractivity contribution in [2.75, 3.05) is 0 Å². The topological polar surface area (TPSA) is 0 Å². The summed E-state index contributed by atoms with van der Waals surface area (Å²) in [5, 5.41) is 0. The van der Waals surface area contributed by atoms with Gasteiger partial charge in [0.05, 0.1) is 0 Å². The van der Waals surface area contributed by atoms with Gasteiger partial charge in [0.25, 0.3) is 0 Å². The number of hydrogen-bond donors (Lipinski definition) is 0. The minimum atomic E-state index is 0.925. The Kier molecular flexibility index (Phi) is 0.651. The maximum Gasteiger partial charge on any atom is 0.0365 e. The van der Waals surface area contributed by atoms with E-state index in [1.165, 1.54) is 82.9 Å². The van der Waals surface area contributed by atoms with Crippen LogP contribution in [0.15, 0.2) is 0 Å². The molecule has 12 fully saturated rings. The molecular weight excluding hydrogens is 256 g/mol. The number of rotatable bonds is 3. The van der Waals surface area contributed by atoms with Crippen LogP contribution in [0.3, 0.4) is 0 Å². The molecule has 0 nitrogen and oxygen atoms in total. The van der Waals surface area contributed by atoms with Crippen LogP contribution in [0.25, 0.3) is 0 Å². The molecule has 12 rings (SSSR count). The summed E-state index contributed by atoms with van der Waals surface area (Å²) in [7, 11) is 4.98. The summed E-state index contributed by atoms with van der Waals surface area (Å²) in [6.07, 6.45) is 0. The Morgan fingerprint density at radius 1 is 0.389 bits per heavy atom. The van der Waals surface area contributed by atoms with E-state index in [1.807, 2.05) is 0 Å². The highest BCUT2D eigenvalue weighted by Gasteiger charge is 3.07. The molecule has 0 spiro atoms. The molecule has 0 aliphatic heterocycles. The van der Waals surface area contributed by atoms with E-state index in [0.29, 0.717) is 0 Å². The van der Waals surface area contributed by atoms with E-state index in [4.69, 9.17) is 0 Å². The van der Waals surface area contributed by atoms with Crippen LogP contribution in [-0.2, 0) is 0 Å². The second kappa shape index (κ2) is 1.54. The zero-order valence-electron chi connectivity index (χ0n) is 9.90. The summed E-state index contributed by atoms with van der Waals surface area (Å²) >= 11 is 0. The highest BCUT2D eigenvalue weighted by atomic mass is 33.1. The Labute approximate surface area is 114 Å². The van der Waals surface area contributed by atoms with Gasteiger partial charge in [-0.15, -0.1) is 0 Å². The molecule has 0 aromatic carbocycles. The molecule has 18 heavy (non-hydrogen) atoms. The molecule has 0 radical (unpaired) electrons. The first-order valence-electron chi connectivity index (χ1n) is 8.31. The van der Waals surface area contributed by atoms with Crippen molar-refractivity contribution in [1.82, 2.24) is 0 Å². The summed E-state index contributed by atoms with van der Waals surface area (Å²) < 4.78 is 1.85. The van der Waals surface area contributed by atoms with E-state index in [0.717, 1.165) is 9.49 Å². The largest absolute Gasteiger partial charge is 0.0858 e. The average molecular weight is 270 g/mol. The first-order chi connectivity index (χ1) is 8.94. The van der Waals surface area contributed by atoms with Crippen molar-refractivity contribution in [2.24, 2.45) is 82.9 Å². The third-order valence-electron chi connectivity index (χ3n) is 11.1. The van der Waals surface area contributed by atoms with Gasteiger partial charge in [-0.05, 0) is 82.9 Å². The van der Waals surface area contributed by atoms with Crippen LogP contribution in [0.4, 0.5) is 0 Å². The first-order valence-corrected chi connectivity index (χ1v) is 10.5. The predicted molar refractivity (Wildman–Crippen MR) is 69.5 cm³/mol. The van der Waals surface area contributed by atoms with Crippen LogP contribution in [0.1, 0.15) is 0 Å². The zero-order chi connectivity index (χ0) is 10.5. The standard InChI is InChI=1S/C16H14S2/c17(15-9-3-1-4(9)11(15)5(1)10(3)15)18-16-12-6-2-7(12)14(16)8(2)13(6)16/h1-14H. The van der Waals surface area contributed by atoms with Gasteiger partial charge in [-0.25, -0.2) is 0 Å². The summed E-state index contributed by atoms with van der Waals surface area (Å²) in [6.45, 7) is 0. The lowest BCUT2D eigenvalue weighted by Crippen LogP contribution is -3.08. The van der Waals surface area contributed by atoms with Gasteiger partial charge >= 0.3 is 0 Å². The maximum atomic E-state index is 2.49. The molecule has 0 amide bonds. The molecule has 12 aliphatic carbocycles. The van der Waals surface area contributed by atoms with Gasteiger partial charge < -0.3 is 0 Å². The van der Waals surface area contributed by atoms with E-state index in [2.05, 4.69) is 21.6 Å². The average Bonchev–Trinajstić information content (AvgIpc) is 2.46. The molecule has 0 aromatic rings. The zero-order valence-corrected chi connectivity index (χ0v) is 11.5. The molecule has 0 bridgehead atoms. The lowest BCUT2D eigenvalue weighted by Gasteiger charge is -3.09. The van der Waals surface area contributed by atoms with Gasteiger partial charge in [0.15, 0.2) is 0 Å². The second-order valence-electron chi connectivity index (χ2n) is 9.65. The first kappa shape index (κ1) is 7.64. The monoisotopic (exact) mass is 270 g/mol. The van der Waals surface area contributed by atoms with Crippen molar-refractivity contribution in [2.45, 2.75) is 9.49 Å². The third kappa shape index (κ3) is 0.308. The fourth-order valence-corrected chi connectivity index (χ4v) is 16.8. The Bertz CT molecular complexity index is 494. The highest BCUT2D eigenvalue weighted by molar-refractivity contribution is 8.77. The molecule has 0 N–H and O–H groups in total. The van der Waals surface area contributed by atoms with Crippen LogP contribution in [-0.4, -0.2) is 9.49 Å². The van der Waals surface area contributed by atoms with Crippen molar-refractivity contribution in [3.63, 3.8) is 0 Å². The summed E-state index contributed by atoms with van der Waals surface area (Å²) in [5.41, 5.74) is 0. The van der Waals surface area contributed by atoms with Crippen LogP contribution >= 0.6 is 21.6 Å². The van der Waals surface area contributed by atoms with Gasteiger partial charge in [0, 0.05) is 9.49 Å². The molecule has 12 saturated carbocycles. The normalized spacial score (nSPS) is 107. The lowest BCUT2D eigenvalue weighted by atomic mass is 9.01. The molecular formula is C16H14S2. The van der Waals surface area contributed by atoms with Gasteiger partial charge in [0.1, 0.15) is 0 Å². The van der Waals surface area contributed by atoms with E-state index < -0.39 is 0 Å². The molecule has 0 aromatic heterocycles. The molecule has 0 saturated heterocycles. The quantitative estimate of drug-likeness (QED) is 0.723. The Hall–Kier alpha value is 0.700. The molecule has 0 unspecified atom stereocenters. The van der Waals surface area contributed by atoms with Gasteiger partial charge in [-0.3, -0.25) is 0 Å². The van der Waals surface area contributed by atoms with Gasteiger partial charge in [-0.1, -0.05) is 21.6 Å². The number of hydrogen-bond acceptors (Lipinski definition) is 2. The fourth-order valence-electron chi connectivity index (χ4n) is 11.1. The van der Waals surface area contributed by atoms with Crippen LogP contribution in [0.5, 0.6) is 0 Å². The van der Waals surface area contributed by atoms with Gasteiger partial charge in [0.2, 0.25) is 0 Å². The van der Waals surface area contributed by atoms with Crippen LogP contribution in [0.2, 0.25) is 0 Å². The van der Waals surface area contributed by atoms with Crippen molar-refractivity contribution in [1.29, 1.82) is 0 Å². The third-order valence-corrected chi connectivity index (χ3v) is 15.4. The lowest BCUT2D eigenvalue weighted by molar-refractivity contribution is -0.546. The smallest absolute Gasteiger partial charge is 0.0365 e. The van der Waals surface area contributed by atoms with E-state index in [1.54, 1.807) is 0 Å². The minimum absolute atomic E-state index is 0.925. The van der Waals surface area contributed by atoms with Crippen molar-refractivity contribution >= 4 is 21.6 Å². The fraction of sp³-hybridized carbons (Fsp3) is 1.00. The van der Waals surface area contributed by atoms with Crippen molar-refractivity contribution in [3.8, 4) is 0 Å². The van der Waals surface area contributed by atoms with E-state index in [-0.39, 0.29) is 0 Å². The van der Waals surface area contributed by atoms with Gasteiger partial charge in [-0.2, -0.15) is 0 Å². The highest BCUT2D eigenvalue weighted by Crippen LogP contribution is 3.09. The second-order valence-corrected chi connectivity index (χ2v) is 12.4. The maximum absolute atomic E-state index is 2.49. The van der Waals surface area contributed by atoms with E-state index >= 15 is 0 Å². The summed E-state index contributed by atoms with van der Waals surface area (Å²) in [4.78, 5) is 0. The predicted octanol–water partition coefficient (Wildman–Crippen LogP) is 2.61. The SMILES string of the molecule is S(SC12C3C4C5C3C1C5C42)C12C3C4C5C3C1C5C42. The molecule has 0 heterocycles. The summed E-state index contributed by atoms with van der Waals surface area (Å²) in [6, 6.07) is 0. The Morgan fingerprint density at radius 3 is 0.944 bits per heavy atom. The molecule has 90 valence electrons. The van der Waals surface area contributed by atoms with E-state index in [9.17, 15) is 0 Å². The Morgan fingerprint density at radius 2 is 0.667 bits per heavy atom. The molecule has 0 atom stereocenters. The minimum Gasteiger partial charge on any atom is -0.0858 e. The summed E-state index contributed by atoms with van der Waals surface area (Å²) in [5.74, 6) is 18.0. The Balaban J connectivity index is 1.05. The van der Waals surface area contributed by atoms with Crippen molar-refractivity contribution in [3.05, 3.63) is 0 Å². The van der Waals surface area contributed by atoms with Crippen LogP contribution < -0.4 is 0 Å². The molecule has 2 heteroatoms. The van der Waals surface area contributed by atoms with Crippen molar-refractivity contribution < 1.29 is 0 Å².